The normalized spacial score (nSPS) is 16.8. The molecule has 1 saturated heterocycles. The molecule has 6 heteroatoms. The second kappa shape index (κ2) is 8.27. The number of likely N-dealkylation sites (tertiary alicyclic amines) is 1. The van der Waals surface area contributed by atoms with Crippen LogP contribution in [0.25, 0.3) is 11.3 Å². The minimum absolute atomic E-state index is 0.0153. The molecule has 2 aromatic heterocycles. The molecular formula is C22H22N4O2. The van der Waals surface area contributed by atoms with Crippen molar-refractivity contribution in [3.63, 3.8) is 0 Å². The lowest BCUT2D eigenvalue weighted by atomic mass is 9.94. The van der Waals surface area contributed by atoms with Gasteiger partial charge in [-0.15, -0.1) is 0 Å². The van der Waals surface area contributed by atoms with Crippen LogP contribution in [0.3, 0.4) is 0 Å². The fourth-order valence-corrected chi connectivity index (χ4v) is 3.57. The Kier molecular flexibility index (Phi) is 5.39. The molecule has 6 nitrogen and oxygen atoms in total. The first-order valence-corrected chi connectivity index (χ1v) is 9.46. The highest BCUT2D eigenvalue weighted by Gasteiger charge is 2.26. The highest BCUT2D eigenvalue weighted by molar-refractivity contribution is 5.94. The van der Waals surface area contributed by atoms with Gasteiger partial charge in [0.15, 0.2) is 0 Å². The SMILES string of the molecule is O=C(c1cccnc1)N1CCCC(c2cncc(-c3ccc(CO)cc3)n2)C1. The summed E-state index contributed by atoms with van der Waals surface area (Å²) in [7, 11) is 0. The Morgan fingerprint density at radius 2 is 1.96 bits per heavy atom. The zero-order chi connectivity index (χ0) is 19.3. The maximum absolute atomic E-state index is 12.8. The number of aliphatic hydroxyl groups excluding tert-OH is 1. The minimum Gasteiger partial charge on any atom is -0.392 e. The molecule has 3 heterocycles. The van der Waals surface area contributed by atoms with E-state index in [2.05, 4.69) is 9.97 Å². The van der Waals surface area contributed by atoms with E-state index >= 15 is 0 Å². The summed E-state index contributed by atoms with van der Waals surface area (Å²) in [5, 5.41) is 9.20. The number of rotatable bonds is 4. The molecule has 0 saturated carbocycles. The van der Waals surface area contributed by atoms with Crippen molar-refractivity contribution in [2.75, 3.05) is 13.1 Å². The molecule has 3 aromatic rings. The molecule has 1 unspecified atom stereocenters. The van der Waals surface area contributed by atoms with Gasteiger partial charge in [0.05, 0.1) is 29.8 Å². The summed E-state index contributed by atoms with van der Waals surface area (Å²) >= 11 is 0. The number of benzene rings is 1. The molecule has 28 heavy (non-hydrogen) atoms. The third-order valence-corrected chi connectivity index (χ3v) is 5.12. The Bertz CT molecular complexity index is 944. The Hall–Kier alpha value is -3.12. The highest BCUT2D eigenvalue weighted by Crippen LogP contribution is 2.28. The van der Waals surface area contributed by atoms with Gasteiger partial charge in [0.2, 0.25) is 0 Å². The van der Waals surface area contributed by atoms with Gasteiger partial charge in [-0.05, 0) is 30.5 Å². The van der Waals surface area contributed by atoms with Crippen molar-refractivity contribution in [2.45, 2.75) is 25.4 Å². The van der Waals surface area contributed by atoms with Crippen LogP contribution in [0.1, 0.15) is 40.4 Å². The van der Waals surface area contributed by atoms with Crippen LogP contribution in [-0.4, -0.2) is 44.0 Å². The highest BCUT2D eigenvalue weighted by atomic mass is 16.3. The van der Waals surface area contributed by atoms with Gasteiger partial charge in [0.25, 0.3) is 5.91 Å². The first-order chi connectivity index (χ1) is 13.7. The molecule has 0 aliphatic carbocycles. The number of carbonyl (C=O) groups excluding carboxylic acids is 1. The Morgan fingerprint density at radius 1 is 1.11 bits per heavy atom. The summed E-state index contributed by atoms with van der Waals surface area (Å²) in [4.78, 5) is 27.9. The van der Waals surface area contributed by atoms with E-state index in [9.17, 15) is 9.90 Å². The maximum atomic E-state index is 12.8. The zero-order valence-electron chi connectivity index (χ0n) is 15.5. The van der Waals surface area contributed by atoms with Crippen LogP contribution in [0.2, 0.25) is 0 Å². The van der Waals surface area contributed by atoms with E-state index in [0.29, 0.717) is 12.1 Å². The van der Waals surface area contributed by atoms with E-state index < -0.39 is 0 Å². The molecule has 1 aliphatic rings. The van der Waals surface area contributed by atoms with Crippen molar-refractivity contribution in [1.82, 2.24) is 19.9 Å². The number of hydrogen-bond donors (Lipinski definition) is 1. The van der Waals surface area contributed by atoms with Gasteiger partial charge >= 0.3 is 0 Å². The maximum Gasteiger partial charge on any atom is 0.255 e. The van der Waals surface area contributed by atoms with E-state index in [1.54, 1.807) is 36.9 Å². The molecule has 0 spiro atoms. The van der Waals surface area contributed by atoms with Gasteiger partial charge in [0.1, 0.15) is 0 Å². The smallest absolute Gasteiger partial charge is 0.255 e. The van der Waals surface area contributed by atoms with E-state index in [-0.39, 0.29) is 18.4 Å². The second-order valence-electron chi connectivity index (χ2n) is 7.02. The van der Waals surface area contributed by atoms with Gasteiger partial charge in [-0.1, -0.05) is 24.3 Å². The molecule has 1 N–H and O–H groups in total. The van der Waals surface area contributed by atoms with Crippen molar-refractivity contribution >= 4 is 5.91 Å². The number of piperidine rings is 1. The standard InChI is InChI=1S/C22H22N4O2/c27-15-16-5-7-17(8-6-16)20-12-24-13-21(25-20)19-4-2-10-26(14-19)22(28)18-3-1-9-23-11-18/h1,3,5-9,11-13,19,27H,2,4,10,14-15H2. The number of hydrogen-bond acceptors (Lipinski definition) is 5. The van der Waals surface area contributed by atoms with Crippen LogP contribution in [0.4, 0.5) is 0 Å². The average Bonchev–Trinajstić information content (AvgIpc) is 2.79. The molecule has 1 amide bonds. The molecular weight excluding hydrogens is 352 g/mol. The summed E-state index contributed by atoms with van der Waals surface area (Å²) in [6.45, 7) is 1.41. The van der Waals surface area contributed by atoms with Crippen LogP contribution in [0.15, 0.2) is 61.2 Å². The summed E-state index contributed by atoms with van der Waals surface area (Å²) in [6, 6.07) is 11.2. The number of aliphatic hydroxyl groups is 1. The fraction of sp³-hybridized carbons (Fsp3) is 0.273. The molecule has 0 radical (unpaired) electrons. The third kappa shape index (κ3) is 3.92. The van der Waals surface area contributed by atoms with Crippen LogP contribution in [-0.2, 0) is 6.61 Å². The van der Waals surface area contributed by atoms with E-state index in [4.69, 9.17) is 4.98 Å². The van der Waals surface area contributed by atoms with Crippen molar-refractivity contribution in [3.05, 3.63) is 78.0 Å². The minimum atomic E-state index is 0.0153. The molecule has 4 rings (SSSR count). The number of amides is 1. The van der Waals surface area contributed by atoms with Crippen molar-refractivity contribution in [1.29, 1.82) is 0 Å². The third-order valence-electron chi connectivity index (χ3n) is 5.12. The van der Waals surface area contributed by atoms with Crippen molar-refractivity contribution in [3.8, 4) is 11.3 Å². The predicted molar refractivity (Wildman–Crippen MR) is 106 cm³/mol. The first-order valence-electron chi connectivity index (χ1n) is 9.46. The molecule has 1 aromatic carbocycles. The number of carbonyl (C=O) groups is 1. The van der Waals surface area contributed by atoms with Gasteiger partial charge in [-0.2, -0.15) is 0 Å². The van der Waals surface area contributed by atoms with Gasteiger partial charge in [-0.25, -0.2) is 4.98 Å². The molecule has 0 bridgehead atoms. The van der Waals surface area contributed by atoms with Crippen molar-refractivity contribution in [2.24, 2.45) is 0 Å². The number of aromatic nitrogens is 3. The molecule has 1 fully saturated rings. The lowest BCUT2D eigenvalue weighted by molar-refractivity contribution is 0.0705. The molecule has 142 valence electrons. The summed E-state index contributed by atoms with van der Waals surface area (Å²) in [5.74, 6) is 0.181. The molecule has 1 aliphatic heterocycles. The summed E-state index contributed by atoms with van der Waals surface area (Å²) in [5.41, 5.74) is 4.16. The summed E-state index contributed by atoms with van der Waals surface area (Å²) in [6.07, 6.45) is 8.76. The van der Waals surface area contributed by atoms with Gasteiger partial charge < -0.3 is 10.0 Å². The number of nitrogens with zero attached hydrogens (tertiary/aromatic N) is 4. The quantitative estimate of drug-likeness (QED) is 0.759. The van der Waals surface area contributed by atoms with Gasteiger partial charge in [-0.3, -0.25) is 14.8 Å². The zero-order valence-corrected chi connectivity index (χ0v) is 15.5. The Labute approximate surface area is 163 Å². The molecule has 1 atom stereocenters. The topological polar surface area (TPSA) is 79.2 Å². The number of pyridine rings is 1. The van der Waals surface area contributed by atoms with Crippen LogP contribution in [0.5, 0.6) is 0 Å². The second-order valence-corrected chi connectivity index (χ2v) is 7.02. The monoisotopic (exact) mass is 374 g/mol. The van der Waals surface area contributed by atoms with Crippen LogP contribution in [0, 0.1) is 0 Å². The largest absolute Gasteiger partial charge is 0.392 e. The fourth-order valence-electron chi connectivity index (χ4n) is 3.57. The van der Waals surface area contributed by atoms with E-state index in [0.717, 1.165) is 41.9 Å². The lowest BCUT2D eigenvalue weighted by Crippen LogP contribution is -2.39. The Morgan fingerprint density at radius 3 is 2.71 bits per heavy atom. The van der Waals surface area contributed by atoms with Crippen molar-refractivity contribution < 1.29 is 9.90 Å². The predicted octanol–water partition coefficient (Wildman–Crippen LogP) is 3.05. The van der Waals surface area contributed by atoms with Crippen LogP contribution >= 0.6 is 0 Å². The van der Waals surface area contributed by atoms with E-state index in [1.165, 1.54) is 0 Å². The van der Waals surface area contributed by atoms with Gasteiger partial charge in [0, 0.05) is 43.2 Å². The average molecular weight is 374 g/mol. The summed E-state index contributed by atoms with van der Waals surface area (Å²) < 4.78 is 0. The van der Waals surface area contributed by atoms with Crippen LogP contribution < -0.4 is 0 Å². The van der Waals surface area contributed by atoms with E-state index in [1.807, 2.05) is 29.2 Å². The lowest BCUT2D eigenvalue weighted by Gasteiger charge is -2.32. The Balaban J connectivity index is 1.53. The first kappa shape index (κ1) is 18.3.